The summed E-state index contributed by atoms with van der Waals surface area (Å²) in [5.41, 5.74) is 4.31. The quantitative estimate of drug-likeness (QED) is 0.337. The zero-order valence-electron chi connectivity index (χ0n) is 26.4. The van der Waals surface area contributed by atoms with Crippen LogP contribution < -0.4 is 9.47 Å². The van der Waals surface area contributed by atoms with E-state index in [2.05, 4.69) is 33.9 Å². The Balaban J connectivity index is 1.69. The van der Waals surface area contributed by atoms with E-state index in [-0.39, 0.29) is 6.61 Å². The average Bonchev–Trinajstić information content (AvgIpc) is 3.03. The second-order valence-electron chi connectivity index (χ2n) is 11.1. The first-order valence-electron chi connectivity index (χ1n) is 14.9. The third-order valence-corrected chi connectivity index (χ3v) is 8.46. The van der Waals surface area contributed by atoms with Crippen LogP contribution in [-0.2, 0) is 25.5 Å². The maximum Gasteiger partial charge on any atom is 0.336 e. The predicted molar refractivity (Wildman–Crippen MR) is 166 cm³/mol. The molecule has 2 aromatic carbocycles. The summed E-state index contributed by atoms with van der Waals surface area (Å²) in [6.45, 7) is 9.26. The molecule has 43 heavy (non-hydrogen) atoms. The van der Waals surface area contributed by atoms with E-state index in [1.807, 2.05) is 44.2 Å². The van der Waals surface area contributed by atoms with Gasteiger partial charge in [0.2, 0.25) is 0 Å². The van der Waals surface area contributed by atoms with Gasteiger partial charge >= 0.3 is 11.9 Å². The lowest BCUT2D eigenvalue weighted by atomic mass is 9.79. The monoisotopic (exact) mass is 591 g/mol. The number of methoxy groups -OCH3 is 3. The topological polar surface area (TPSA) is 80.8 Å². The summed E-state index contributed by atoms with van der Waals surface area (Å²) in [4.78, 5) is 34.1. The molecule has 0 spiro atoms. The Labute approximate surface area is 255 Å². The van der Waals surface area contributed by atoms with Crippen LogP contribution in [0.15, 0.2) is 71.1 Å². The molecule has 0 aromatic heterocycles. The molecule has 4 rings (SSSR count). The van der Waals surface area contributed by atoms with Crippen molar-refractivity contribution in [2.24, 2.45) is 0 Å². The molecule has 1 saturated heterocycles. The van der Waals surface area contributed by atoms with Gasteiger partial charge in [0.1, 0.15) is 6.61 Å². The highest BCUT2D eigenvalue weighted by Gasteiger charge is 2.40. The van der Waals surface area contributed by atoms with Crippen LogP contribution in [0.5, 0.6) is 11.5 Å². The summed E-state index contributed by atoms with van der Waals surface area (Å²) < 4.78 is 22.3. The first kappa shape index (κ1) is 32.1. The lowest BCUT2D eigenvalue weighted by molar-refractivity contribution is -0.140. The van der Waals surface area contributed by atoms with Gasteiger partial charge in [-0.05, 0) is 57.0 Å². The fourth-order valence-corrected chi connectivity index (χ4v) is 5.95. The number of hydrogen-bond donors (Lipinski definition) is 0. The van der Waals surface area contributed by atoms with Crippen molar-refractivity contribution < 1.29 is 28.5 Å². The number of likely N-dealkylation sites (N-methyl/N-ethyl adjacent to an activating group) is 1. The molecule has 0 aliphatic carbocycles. The number of ether oxygens (including phenoxy) is 4. The lowest BCUT2D eigenvalue weighted by Crippen LogP contribution is -2.45. The number of benzene rings is 2. The molecule has 232 valence electrons. The van der Waals surface area contributed by atoms with Crippen LogP contribution in [0.3, 0.4) is 0 Å². The van der Waals surface area contributed by atoms with E-state index >= 15 is 0 Å². The molecule has 0 amide bonds. The highest BCUT2D eigenvalue weighted by Crippen LogP contribution is 2.44. The minimum Gasteiger partial charge on any atom is -0.493 e. The zero-order chi connectivity index (χ0) is 30.9. The van der Waals surface area contributed by atoms with Crippen molar-refractivity contribution in [1.82, 2.24) is 14.7 Å². The second-order valence-corrected chi connectivity index (χ2v) is 11.1. The number of allylic oxidation sites excluding steroid dienone is 2. The van der Waals surface area contributed by atoms with Gasteiger partial charge < -0.3 is 28.7 Å². The maximum atomic E-state index is 14.0. The van der Waals surface area contributed by atoms with Crippen molar-refractivity contribution >= 4 is 11.9 Å². The van der Waals surface area contributed by atoms with Gasteiger partial charge in [-0.25, -0.2) is 9.59 Å². The summed E-state index contributed by atoms with van der Waals surface area (Å²) in [5.74, 6) is -0.558. The van der Waals surface area contributed by atoms with Crippen LogP contribution in [0.1, 0.15) is 37.3 Å². The smallest absolute Gasteiger partial charge is 0.336 e. The number of carbonyl (C=O) groups is 2. The Kier molecular flexibility index (Phi) is 11.3. The van der Waals surface area contributed by atoms with Crippen molar-refractivity contribution in [3.63, 3.8) is 0 Å². The fourth-order valence-electron chi connectivity index (χ4n) is 5.95. The van der Waals surface area contributed by atoms with E-state index in [1.54, 1.807) is 20.3 Å². The predicted octanol–water partition coefficient (Wildman–Crippen LogP) is 4.25. The van der Waals surface area contributed by atoms with Crippen LogP contribution >= 0.6 is 0 Å². The summed E-state index contributed by atoms with van der Waals surface area (Å²) in [6, 6.07) is 15.8. The lowest BCUT2D eigenvalue weighted by Gasteiger charge is -2.38. The summed E-state index contributed by atoms with van der Waals surface area (Å²) in [6.07, 6.45) is 1.70. The molecule has 0 bridgehead atoms. The fraction of sp³-hybridized carbons (Fsp3) is 0.471. The van der Waals surface area contributed by atoms with Crippen LogP contribution in [0.2, 0.25) is 0 Å². The maximum absolute atomic E-state index is 14.0. The number of hydrogen-bond acceptors (Lipinski definition) is 9. The van der Waals surface area contributed by atoms with Gasteiger partial charge in [-0.15, -0.1) is 0 Å². The highest BCUT2D eigenvalue weighted by molar-refractivity contribution is 6.00. The van der Waals surface area contributed by atoms with Gasteiger partial charge in [-0.1, -0.05) is 36.4 Å². The van der Waals surface area contributed by atoms with Crippen molar-refractivity contribution in [3.05, 3.63) is 82.2 Å². The van der Waals surface area contributed by atoms with Gasteiger partial charge in [0.25, 0.3) is 0 Å². The molecule has 2 aromatic rings. The number of esters is 2. The van der Waals surface area contributed by atoms with Crippen molar-refractivity contribution in [2.45, 2.75) is 32.6 Å². The van der Waals surface area contributed by atoms with Crippen molar-refractivity contribution in [1.29, 1.82) is 0 Å². The molecule has 0 radical (unpaired) electrons. The Morgan fingerprint density at radius 3 is 2.09 bits per heavy atom. The van der Waals surface area contributed by atoms with E-state index in [4.69, 9.17) is 18.9 Å². The van der Waals surface area contributed by atoms with Gasteiger partial charge in [0.05, 0.1) is 38.4 Å². The normalized spacial score (nSPS) is 18.1. The van der Waals surface area contributed by atoms with Crippen LogP contribution in [0.25, 0.3) is 0 Å². The number of nitrogens with zero attached hydrogens (tertiary/aromatic N) is 3. The minimum absolute atomic E-state index is 0.266. The molecule has 0 saturated carbocycles. The highest BCUT2D eigenvalue weighted by atomic mass is 16.5. The van der Waals surface area contributed by atoms with Crippen molar-refractivity contribution in [2.75, 3.05) is 74.3 Å². The van der Waals surface area contributed by atoms with Crippen molar-refractivity contribution in [3.8, 4) is 11.5 Å². The van der Waals surface area contributed by atoms with Crippen LogP contribution in [-0.4, -0.2) is 101 Å². The molecule has 2 heterocycles. The number of rotatable bonds is 12. The van der Waals surface area contributed by atoms with Crippen LogP contribution in [0, 0.1) is 0 Å². The Morgan fingerprint density at radius 2 is 1.47 bits per heavy atom. The molecular formula is C34H45N3O6. The van der Waals surface area contributed by atoms with E-state index in [1.165, 1.54) is 12.7 Å². The second kappa shape index (κ2) is 15.1. The van der Waals surface area contributed by atoms with Gasteiger partial charge in [-0.2, -0.15) is 0 Å². The molecule has 1 atom stereocenters. The Hall–Kier alpha value is -3.82. The molecule has 9 heteroatoms. The summed E-state index contributed by atoms with van der Waals surface area (Å²) in [5, 5.41) is 0. The molecule has 2 aliphatic heterocycles. The number of carbonyl (C=O) groups excluding carboxylic acids is 2. The molecule has 2 aliphatic rings. The molecule has 9 nitrogen and oxygen atoms in total. The zero-order valence-corrected chi connectivity index (χ0v) is 26.4. The first-order valence-corrected chi connectivity index (χ1v) is 14.9. The molecule has 1 unspecified atom stereocenters. The van der Waals surface area contributed by atoms with E-state index in [0.717, 1.165) is 50.4 Å². The average molecular weight is 592 g/mol. The Morgan fingerprint density at radius 1 is 0.814 bits per heavy atom. The van der Waals surface area contributed by atoms with Gasteiger partial charge in [-0.3, -0.25) is 4.90 Å². The number of piperazine rings is 1. The molecule has 0 N–H and O–H groups in total. The molecule has 1 fully saturated rings. The van der Waals surface area contributed by atoms with Gasteiger partial charge in [0.15, 0.2) is 11.5 Å². The van der Waals surface area contributed by atoms with Gasteiger partial charge in [0, 0.05) is 50.7 Å². The van der Waals surface area contributed by atoms with E-state index in [9.17, 15) is 9.59 Å². The largest absolute Gasteiger partial charge is 0.493 e. The third-order valence-electron chi connectivity index (χ3n) is 8.46. The standard InChI is InChI=1S/C34H45N3O6/c1-24-30(33(38)42-6)32(27-14-15-28(40-4)29(23-27)41-5)31(34(39)43-22-21-36-19-17-35(3)18-20-36)25(2)37(24)16-10-13-26-11-8-7-9-12-26/h7-9,11-12,14-15,23,32H,10,13,16-22H2,1-6H3. The molecular weight excluding hydrogens is 546 g/mol. The Bertz CT molecular complexity index is 1330. The SMILES string of the molecule is COC(=O)C1=C(C)N(CCCc2ccccc2)C(C)=C(C(=O)OCCN2CCN(C)CC2)C1c1ccc(OC)c(OC)c1. The van der Waals surface area contributed by atoms with Crippen LogP contribution in [0.4, 0.5) is 0 Å². The number of aryl methyl sites for hydroxylation is 1. The summed E-state index contributed by atoms with van der Waals surface area (Å²) in [7, 11) is 6.62. The first-order chi connectivity index (χ1) is 20.8. The van der Waals surface area contributed by atoms with E-state index in [0.29, 0.717) is 41.3 Å². The minimum atomic E-state index is -0.700. The third kappa shape index (κ3) is 7.58. The van der Waals surface area contributed by atoms with E-state index < -0.39 is 17.9 Å². The summed E-state index contributed by atoms with van der Waals surface area (Å²) >= 11 is 0.